The summed E-state index contributed by atoms with van der Waals surface area (Å²) in [6.07, 6.45) is 2.13. The Hall–Kier alpha value is -0.190. The number of thioether (sulfide) groups is 1. The lowest BCUT2D eigenvalue weighted by atomic mass is 10.1. The molecule has 2 N–H and O–H groups in total. The number of benzene rings is 1. The second-order valence-electron chi connectivity index (χ2n) is 3.89. The fraction of sp³-hybridized carbons (Fsp3) is 0.500. The van der Waals surface area contributed by atoms with Gasteiger partial charge in [-0.2, -0.15) is 11.8 Å². The lowest BCUT2D eigenvalue weighted by Gasteiger charge is -2.28. The number of nitrogens with two attached hydrogens (primary N) is 1. The third kappa shape index (κ3) is 3.40. The van der Waals surface area contributed by atoms with Crippen LogP contribution in [0.5, 0.6) is 0 Å². The molecule has 1 aromatic rings. The molecule has 0 radical (unpaired) electrons. The van der Waals surface area contributed by atoms with Gasteiger partial charge in [0.2, 0.25) is 0 Å². The van der Waals surface area contributed by atoms with Crippen LogP contribution in [0.2, 0.25) is 0 Å². The van der Waals surface area contributed by atoms with Crippen LogP contribution < -0.4 is 10.6 Å². The van der Waals surface area contributed by atoms with Crippen molar-refractivity contribution < 1.29 is 0 Å². The predicted molar refractivity (Wildman–Crippen MR) is 78.3 cm³/mol. The van der Waals surface area contributed by atoms with Gasteiger partial charge in [-0.1, -0.05) is 15.9 Å². The molecular formula is C12H19BrN2S. The van der Waals surface area contributed by atoms with Gasteiger partial charge in [-0.3, -0.25) is 0 Å². The largest absolute Gasteiger partial charge is 0.371 e. The monoisotopic (exact) mass is 302 g/mol. The second-order valence-corrected chi connectivity index (χ2v) is 5.72. The Morgan fingerprint density at radius 1 is 1.50 bits per heavy atom. The van der Waals surface area contributed by atoms with E-state index in [1.165, 1.54) is 11.3 Å². The number of nitrogens with zero attached hydrogens (tertiary/aromatic N) is 1. The van der Waals surface area contributed by atoms with E-state index in [0.717, 1.165) is 10.2 Å². The Kier molecular flexibility index (Phi) is 5.66. The van der Waals surface area contributed by atoms with Crippen molar-refractivity contribution in [3.05, 3.63) is 28.2 Å². The highest BCUT2D eigenvalue weighted by atomic mass is 79.9. The summed E-state index contributed by atoms with van der Waals surface area (Å²) in [7, 11) is 2.13. The van der Waals surface area contributed by atoms with E-state index in [9.17, 15) is 0 Å². The summed E-state index contributed by atoms with van der Waals surface area (Å²) in [4.78, 5) is 2.30. The first-order valence-corrected chi connectivity index (χ1v) is 7.49. The maximum atomic E-state index is 5.78. The smallest absolute Gasteiger partial charge is 0.0412 e. The molecule has 0 aliphatic carbocycles. The highest BCUT2D eigenvalue weighted by Crippen LogP contribution is 2.25. The van der Waals surface area contributed by atoms with E-state index in [0.29, 0.717) is 12.6 Å². The van der Waals surface area contributed by atoms with Gasteiger partial charge in [0, 0.05) is 35.5 Å². The minimum absolute atomic E-state index is 0.515. The number of hydrogen-bond acceptors (Lipinski definition) is 3. The average Bonchev–Trinajstić information content (AvgIpc) is 2.28. The van der Waals surface area contributed by atoms with E-state index >= 15 is 0 Å². The molecule has 90 valence electrons. The molecule has 0 aliphatic heterocycles. The van der Waals surface area contributed by atoms with E-state index in [-0.39, 0.29) is 0 Å². The third-order valence-corrected chi connectivity index (χ3v) is 4.02. The number of anilines is 1. The number of rotatable bonds is 5. The van der Waals surface area contributed by atoms with Gasteiger partial charge in [-0.25, -0.2) is 0 Å². The normalized spacial score (nSPS) is 12.6. The highest BCUT2D eigenvalue weighted by Gasteiger charge is 2.12. The van der Waals surface area contributed by atoms with E-state index in [4.69, 9.17) is 5.73 Å². The van der Waals surface area contributed by atoms with Crippen molar-refractivity contribution in [3.8, 4) is 0 Å². The Bertz CT molecular complexity index is 344. The first-order chi connectivity index (χ1) is 7.60. The van der Waals surface area contributed by atoms with Gasteiger partial charge in [-0.15, -0.1) is 0 Å². The lowest BCUT2D eigenvalue weighted by molar-refractivity contribution is 0.759. The second kappa shape index (κ2) is 6.52. The van der Waals surface area contributed by atoms with E-state index in [1.54, 1.807) is 0 Å². The molecule has 0 bridgehead atoms. The zero-order valence-corrected chi connectivity index (χ0v) is 12.4. The van der Waals surface area contributed by atoms with Gasteiger partial charge < -0.3 is 10.6 Å². The van der Waals surface area contributed by atoms with Crippen LogP contribution in [-0.2, 0) is 6.54 Å². The minimum Gasteiger partial charge on any atom is -0.371 e. The lowest BCUT2D eigenvalue weighted by Crippen LogP contribution is -2.31. The molecule has 0 heterocycles. The van der Waals surface area contributed by atoms with Gasteiger partial charge in [0.05, 0.1) is 0 Å². The highest BCUT2D eigenvalue weighted by molar-refractivity contribution is 9.10. The maximum Gasteiger partial charge on any atom is 0.0412 e. The van der Waals surface area contributed by atoms with Crippen molar-refractivity contribution in [2.24, 2.45) is 5.73 Å². The van der Waals surface area contributed by atoms with Crippen molar-refractivity contribution in [2.45, 2.75) is 19.5 Å². The van der Waals surface area contributed by atoms with Crippen molar-refractivity contribution in [1.29, 1.82) is 0 Å². The summed E-state index contributed by atoms with van der Waals surface area (Å²) in [6, 6.07) is 6.80. The standard InChI is InChI=1S/C12H19BrN2S/c1-9(8-16-3)15(2)12-5-4-11(13)6-10(12)7-14/h4-6,9H,7-8,14H2,1-3H3. The molecule has 0 saturated carbocycles. The summed E-state index contributed by atoms with van der Waals surface area (Å²) in [5, 5.41) is 0. The minimum atomic E-state index is 0.515. The molecule has 0 fully saturated rings. The molecule has 2 nitrogen and oxygen atoms in total. The van der Waals surface area contributed by atoms with Gasteiger partial charge in [0.25, 0.3) is 0 Å². The SMILES string of the molecule is CSCC(C)N(C)c1ccc(Br)cc1CN. The molecule has 4 heteroatoms. The van der Waals surface area contributed by atoms with Crippen LogP contribution in [0.15, 0.2) is 22.7 Å². The van der Waals surface area contributed by atoms with Crippen LogP contribution in [0, 0.1) is 0 Å². The fourth-order valence-electron chi connectivity index (χ4n) is 1.65. The van der Waals surface area contributed by atoms with E-state index < -0.39 is 0 Å². The number of hydrogen-bond donors (Lipinski definition) is 1. The Labute approximate surface area is 111 Å². The van der Waals surface area contributed by atoms with Gasteiger partial charge >= 0.3 is 0 Å². The molecule has 0 amide bonds. The molecule has 0 spiro atoms. The third-order valence-electron chi connectivity index (χ3n) is 2.71. The molecule has 0 aliphatic rings. The van der Waals surface area contributed by atoms with Crippen LogP contribution in [0.1, 0.15) is 12.5 Å². The van der Waals surface area contributed by atoms with Crippen LogP contribution in [0.4, 0.5) is 5.69 Å². The number of halogens is 1. The van der Waals surface area contributed by atoms with Gasteiger partial charge in [-0.05, 0) is 36.9 Å². The Morgan fingerprint density at radius 2 is 2.19 bits per heavy atom. The van der Waals surface area contributed by atoms with Crippen LogP contribution in [0.25, 0.3) is 0 Å². The summed E-state index contributed by atoms with van der Waals surface area (Å²) < 4.78 is 1.09. The zero-order chi connectivity index (χ0) is 12.1. The van der Waals surface area contributed by atoms with Crippen molar-refractivity contribution in [2.75, 3.05) is 24.0 Å². The van der Waals surface area contributed by atoms with Gasteiger partial charge in [0.15, 0.2) is 0 Å². The zero-order valence-electron chi connectivity index (χ0n) is 10.0. The van der Waals surface area contributed by atoms with Crippen molar-refractivity contribution >= 4 is 33.4 Å². The van der Waals surface area contributed by atoms with Crippen molar-refractivity contribution in [1.82, 2.24) is 0 Å². The molecule has 1 aromatic carbocycles. The summed E-state index contributed by atoms with van der Waals surface area (Å²) in [5.74, 6) is 1.12. The quantitative estimate of drug-likeness (QED) is 0.906. The van der Waals surface area contributed by atoms with Crippen LogP contribution >= 0.6 is 27.7 Å². The van der Waals surface area contributed by atoms with Crippen LogP contribution in [0.3, 0.4) is 0 Å². The fourth-order valence-corrected chi connectivity index (χ4v) is 2.77. The van der Waals surface area contributed by atoms with Crippen LogP contribution in [-0.4, -0.2) is 25.1 Å². The molecular weight excluding hydrogens is 284 g/mol. The first-order valence-electron chi connectivity index (χ1n) is 5.30. The summed E-state index contributed by atoms with van der Waals surface area (Å²) >= 11 is 5.34. The Morgan fingerprint density at radius 3 is 2.75 bits per heavy atom. The average molecular weight is 303 g/mol. The predicted octanol–water partition coefficient (Wildman–Crippen LogP) is 3.10. The molecule has 1 unspecified atom stereocenters. The van der Waals surface area contributed by atoms with E-state index in [2.05, 4.69) is 59.3 Å². The summed E-state index contributed by atoms with van der Waals surface area (Å²) in [5.41, 5.74) is 8.19. The van der Waals surface area contributed by atoms with Crippen molar-refractivity contribution in [3.63, 3.8) is 0 Å². The molecule has 1 rings (SSSR count). The van der Waals surface area contributed by atoms with Gasteiger partial charge in [0.1, 0.15) is 0 Å². The molecule has 1 atom stereocenters. The summed E-state index contributed by atoms with van der Waals surface area (Å²) in [6.45, 7) is 2.81. The topological polar surface area (TPSA) is 29.3 Å². The van der Waals surface area contributed by atoms with E-state index in [1.807, 2.05) is 11.8 Å². The molecule has 0 aromatic heterocycles. The molecule has 0 saturated heterocycles. The molecule has 16 heavy (non-hydrogen) atoms. The first kappa shape index (κ1) is 13.9. The maximum absolute atomic E-state index is 5.78. The Balaban J connectivity index is 2.93.